The zero-order valence-electron chi connectivity index (χ0n) is 15.4. The Kier molecular flexibility index (Phi) is 6.99. The van der Waals surface area contributed by atoms with Crippen LogP contribution in [0.5, 0.6) is 0 Å². The van der Waals surface area contributed by atoms with Crippen LogP contribution in [0.1, 0.15) is 36.9 Å². The number of amides is 3. The normalized spacial score (nSPS) is 11.6. The molecule has 3 N–H and O–H groups in total. The molecule has 1 atom stereocenters. The van der Waals surface area contributed by atoms with E-state index in [0.29, 0.717) is 18.0 Å². The van der Waals surface area contributed by atoms with Crippen molar-refractivity contribution in [2.75, 3.05) is 5.32 Å². The van der Waals surface area contributed by atoms with E-state index < -0.39 is 24.0 Å². The van der Waals surface area contributed by atoms with Crippen LogP contribution in [0.4, 0.5) is 10.5 Å². The predicted octanol–water partition coefficient (Wildman–Crippen LogP) is 2.67. The first kappa shape index (κ1) is 20.0. The summed E-state index contributed by atoms with van der Waals surface area (Å²) in [7, 11) is 0. The zero-order chi connectivity index (χ0) is 19.8. The lowest BCUT2D eigenvalue weighted by Gasteiger charge is -2.16. The lowest BCUT2D eigenvalue weighted by atomic mass is 10.1. The molecule has 0 aliphatic rings. The van der Waals surface area contributed by atoms with Gasteiger partial charge in [-0.15, -0.1) is 0 Å². The molecule has 0 aliphatic heterocycles. The van der Waals surface area contributed by atoms with Crippen LogP contribution < -0.4 is 16.0 Å². The third-order valence-electron chi connectivity index (χ3n) is 3.49. The summed E-state index contributed by atoms with van der Waals surface area (Å²) < 4.78 is 10.4. The highest BCUT2D eigenvalue weighted by molar-refractivity contribution is 6.00. The standard InChI is InChI=1S/C19H23N3O5/c1-12(2)21-19(25)22-17(23)13(3)27-18(24)15-8-4-5-9-16(15)20-11-14-7-6-10-26-14/h4-10,12-13,20H,11H2,1-3H3,(H2,21,22,23,25)/t13-/m0/s1. The summed E-state index contributed by atoms with van der Waals surface area (Å²) in [5.74, 6) is -0.672. The molecule has 2 aromatic rings. The fourth-order valence-corrected chi connectivity index (χ4v) is 2.20. The summed E-state index contributed by atoms with van der Waals surface area (Å²) in [4.78, 5) is 36.0. The minimum atomic E-state index is -1.13. The Morgan fingerprint density at radius 3 is 2.48 bits per heavy atom. The van der Waals surface area contributed by atoms with Gasteiger partial charge in [-0.1, -0.05) is 12.1 Å². The van der Waals surface area contributed by atoms with E-state index in [2.05, 4.69) is 16.0 Å². The lowest BCUT2D eigenvalue weighted by molar-refractivity contribution is -0.127. The molecule has 0 unspecified atom stereocenters. The molecule has 2 rings (SSSR count). The maximum atomic E-state index is 12.4. The fourth-order valence-electron chi connectivity index (χ4n) is 2.20. The average molecular weight is 373 g/mol. The van der Waals surface area contributed by atoms with Gasteiger partial charge in [0, 0.05) is 11.7 Å². The Balaban J connectivity index is 1.96. The number of urea groups is 1. The van der Waals surface area contributed by atoms with Crippen LogP contribution in [0.2, 0.25) is 0 Å². The van der Waals surface area contributed by atoms with Gasteiger partial charge in [0.1, 0.15) is 5.76 Å². The lowest BCUT2D eigenvalue weighted by Crippen LogP contribution is -2.46. The Hall–Kier alpha value is -3.29. The highest BCUT2D eigenvalue weighted by Crippen LogP contribution is 2.18. The molecule has 27 heavy (non-hydrogen) atoms. The van der Waals surface area contributed by atoms with E-state index in [1.165, 1.54) is 6.92 Å². The Labute approximate surface area is 157 Å². The number of furan rings is 1. The van der Waals surface area contributed by atoms with E-state index in [1.54, 1.807) is 50.4 Å². The molecule has 8 heteroatoms. The van der Waals surface area contributed by atoms with Gasteiger partial charge in [-0.25, -0.2) is 9.59 Å². The second-order valence-electron chi connectivity index (χ2n) is 6.14. The predicted molar refractivity (Wildman–Crippen MR) is 99.2 cm³/mol. The van der Waals surface area contributed by atoms with Gasteiger partial charge in [0.15, 0.2) is 6.10 Å². The molecule has 1 aromatic carbocycles. The number of esters is 1. The Morgan fingerprint density at radius 1 is 1.07 bits per heavy atom. The number of rotatable bonds is 7. The van der Waals surface area contributed by atoms with E-state index >= 15 is 0 Å². The van der Waals surface area contributed by atoms with Crippen molar-refractivity contribution >= 4 is 23.6 Å². The van der Waals surface area contributed by atoms with E-state index in [1.807, 2.05) is 6.07 Å². The quantitative estimate of drug-likeness (QED) is 0.644. The maximum absolute atomic E-state index is 12.4. The summed E-state index contributed by atoms with van der Waals surface area (Å²) in [6.07, 6.45) is 0.431. The molecular formula is C19H23N3O5. The van der Waals surface area contributed by atoms with Crippen molar-refractivity contribution in [1.82, 2.24) is 10.6 Å². The number of imide groups is 1. The van der Waals surface area contributed by atoms with Gasteiger partial charge in [-0.2, -0.15) is 0 Å². The first-order chi connectivity index (χ1) is 12.9. The number of hydrogen-bond donors (Lipinski definition) is 3. The second kappa shape index (κ2) is 9.42. The van der Waals surface area contributed by atoms with Crippen LogP contribution >= 0.6 is 0 Å². The number of ether oxygens (including phenoxy) is 1. The highest BCUT2D eigenvalue weighted by Gasteiger charge is 2.22. The van der Waals surface area contributed by atoms with Gasteiger partial charge in [0.25, 0.3) is 5.91 Å². The first-order valence-electron chi connectivity index (χ1n) is 8.54. The molecule has 0 aliphatic carbocycles. The largest absolute Gasteiger partial charge is 0.467 e. The minimum Gasteiger partial charge on any atom is -0.467 e. The third-order valence-corrected chi connectivity index (χ3v) is 3.49. The van der Waals surface area contributed by atoms with Crippen molar-refractivity contribution in [2.24, 2.45) is 0 Å². The Bertz CT molecular complexity index is 786. The number of carbonyl (C=O) groups is 3. The minimum absolute atomic E-state index is 0.122. The molecule has 0 radical (unpaired) electrons. The van der Waals surface area contributed by atoms with Crippen LogP contribution in [-0.4, -0.2) is 30.1 Å². The molecule has 1 aromatic heterocycles. The number of anilines is 1. The average Bonchev–Trinajstić information content (AvgIpc) is 3.12. The Morgan fingerprint density at radius 2 is 1.81 bits per heavy atom. The van der Waals surface area contributed by atoms with Crippen molar-refractivity contribution < 1.29 is 23.5 Å². The van der Waals surface area contributed by atoms with Crippen molar-refractivity contribution in [1.29, 1.82) is 0 Å². The highest BCUT2D eigenvalue weighted by atomic mass is 16.5. The van der Waals surface area contributed by atoms with Crippen LogP contribution in [0.15, 0.2) is 47.1 Å². The molecule has 0 spiro atoms. The first-order valence-corrected chi connectivity index (χ1v) is 8.54. The molecule has 0 bridgehead atoms. The number of benzene rings is 1. The van der Waals surface area contributed by atoms with E-state index in [9.17, 15) is 14.4 Å². The molecule has 0 fully saturated rings. The van der Waals surface area contributed by atoms with Crippen LogP contribution in [-0.2, 0) is 16.1 Å². The number of hydrogen-bond acceptors (Lipinski definition) is 6. The molecular weight excluding hydrogens is 350 g/mol. The summed E-state index contributed by atoms with van der Waals surface area (Å²) in [5.41, 5.74) is 0.819. The monoisotopic (exact) mass is 373 g/mol. The van der Waals surface area contributed by atoms with Gasteiger partial charge in [-0.3, -0.25) is 10.1 Å². The second-order valence-corrected chi connectivity index (χ2v) is 6.14. The van der Waals surface area contributed by atoms with Gasteiger partial charge in [-0.05, 0) is 45.0 Å². The van der Waals surface area contributed by atoms with Crippen LogP contribution in [0.3, 0.4) is 0 Å². The summed E-state index contributed by atoms with van der Waals surface area (Å²) in [6.45, 7) is 5.32. The van der Waals surface area contributed by atoms with Crippen LogP contribution in [0, 0.1) is 0 Å². The zero-order valence-corrected chi connectivity index (χ0v) is 15.4. The molecule has 144 valence electrons. The number of carbonyl (C=O) groups excluding carboxylic acids is 3. The van der Waals surface area contributed by atoms with Gasteiger partial charge < -0.3 is 19.8 Å². The van der Waals surface area contributed by atoms with E-state index in [0.717, 1.165) is 0 Å². The number of para-hydroxylation sites is 1. The van der Waals surface area contributed by atoms with Gasteiger partial charge in [0.2, 0.25) is 0 Å². The molecule has 8 nitrogen and oxygen atoms in total. The molecule has 1 heterocycles. The summed E-state index contributed by atoms with van der Waals surface area (Å²) in [6, 6.07) is 9.59. The molecule has 0 saturated heterocycles. The fraction of sp³-hybridized carbons (Fsp3) is 0.316. The smallest absolute Gasteiger partial charge is 0.341 e. The van der Waals surface area contributed by atoms with Gasteiger partial charge in [0.05, 0.1) is 18.4 Å². The SMILES string of the molecule is CC(C)NC(=O)NC(=O)[C@H](C)OC(=O)c1ccccc1NCc1ccco1. The summed E-state index contributed by atoms with van der Waals surface area (Å²) >= 11 is 0. The molecule has 3 amide bonds. The third kappa shape index (κ3) is 6.18. The van der Waals surface area contributed by atoms with Gasteiger partial charge >= 0.3 is 12.0 Å². The maximum Gasteiger partial charge on any atom is 0.341 e. The topological polar surface area (TPSA) is 110 Å². The van der Waals surface area contributed by atoms with Crippen molar-refractivity contribution in [3.63, 3.8) is 0 Å². The van der Waals surface area contributed by atoms with Crippen LogP contribution in [0.25, 0.3) is 0 Å². The van der Waals surface area contributed by atoms with E-state index in [-0.39, 0.29) is 11.6 Å². The van der Waals surface area contributed by atoms with Crippen molar-refractivity contribution in [3.05, 3.63) is 54.0 Å². The molecule has 0 saturated carbocycles. The summed E-state index contributed by atoms with van der Waals surface area (Å²) in [5, 5.41) is 7.75. The van der Waals surface area contributed by atoms with Crippen molar-refractivity contribution in [3.8, 4) is 0 Å². The number of nitrogens with one attached hydrogen (secondary N) is 3. The van der Waals surface area contributed by atoms with Crippen molar-refractivity contribution in [2.45, 2.75) is 39.5 Å². The van der Waals surface area contributed by atoms with E-state index in [4.69, 9.17) is 9.15 Å².